The molecule has 166 valence electrons. The SMILES string of the molecule is COc1cc(NS(=O)(=O)c2ccc3c(c2)sc(=O)n3Cc2ccccc2)c(OC)cc1Cl. The highest BCUT2D eigenvalue weighted by Crippen LogP contribution is 2.37. The predicted octanol–water partition coefficient (Wildman–Crippen LogP) is 4.58. The van der Waals surface area contributed by atoms with Gasteiger partial charge in [0.2, 0.25) is 0 Å². The van der Waals surface area contributed by atoms with E-state index in [1.165, 1.54) is 38.5 Å². The van der Waals surface area contributed by atoms with Crippen LogP contribution in [0, 0.1) is 0 Å². The Labute approximate surface area is 193 Å². The quantitative estimate of drug-likeness (QED) is 0.409. The normalized spacial score (nSPS) is 11.5. The minimum Gasteiger partial charge on any atom is -0.495 e. The molecular formula is C22H19ClN2O5S2. The van der Waals surface area contributed by atoms with Crippen LogP contribution in [0.4, 0.5) is 5.69 Å². The van der Waals surface area contributed by atoms with Gasteiger partial charge < -0.3 is 9.47 Å². The molecule has 4 rings (SSSR count). The van der Waals surface area contributed by atoms with E-state index in [-0.39, 0.29) is 21.2 Å². The van der Waals surface area contributed by atoms with E-state index >= 15 is 0 Å². The maximum atomic E-state index is 13.1. The molecule has 0 aliphatic rings. The monoisotopic (exact) mass is 490 g/mol. The summed E-state index contributed by atoms with van der Waals surface area (Å²) in [5, 5.41) is 0.290. The zero-order chi connectivity index (χ0) is 22.9. The number of aromatic nitrogens is 1. The Balaban J connectivity index is 1.70. The zero-order valence-electron chi connectivity index (χ0n) is 17.2. The smallest absolute Gasteiger partial charge is 0.308 e. The molecule has 0 atom stereocenters. The van der Waals surface area contributed by atoms with Gasteiger partial charge in [0.1, 0.15) is 11.5 Å². The number of hydrogen-bond acceptors (Lipinski definition) is 6. The number of nitrogens with one attached hydrogen (secondary N) is 1. The molecule has 0 amide bonds. The van der Waals surface area contributed by atoms with Gasteiger partial charge in [0.05, 0.1) is 46.6 Å². The van der Waals surface area contributed by atoms with Gasteiger partial charge in [0, 0.05) is 12.1 Å². The van der Waals surface area contributed by atoms with Crippen LogP contribution in [0.3, 0.4) is 0 Å². The van der Waals surface area contributed by atoms with Crippen molar-refractivity contribution in [2.24, 2.45) is 0 Å². The number of halogens is 1. The molecule has 10 heteroatoms. The van der Waals surface area contributed by atoms with E-state index in [2.05, 4.69) is 4.72 Å². The Morgan fingerprint density at radius 1 is 1.00 bits per heavy atom. The summed E-state index contributed by atoms with van der Waals surface area (Å²) >= 11 is 7.10. The summed E-state index contributed by atoms with van der Waals surface area (Å²) in [5.74, 6) is 0.552. The lowest BCUT2D eigenvalue weighted by Gasteiger charge is -2.14. The van der Waals surface area contributed by atoms with E-state index in [4.69, 9.17) is 21.1 Å². The second-order valence-electron chi connectivity index (χ2n) is 6.86. The van der Waals surface area contributed by atoms with Gasteiger partial charge in [-0.2, -0.15) is 0 Å². The van der Waals surface area contributed by atoms with Gasteiger partial charge in [0.25, 0.3) is 10.0 Å². The van der Waals surface area contributed by atoms with Crippen molar-refractivity contribution in [1.82, 2.24) is 4.57 Å². The van der Waals surface area contributed by atoms with E-state index in [9.17, 15) is 13.2 Å². The molecular weight excluding hydrogens is 472 g/mol. The molecule has 4 aromatic rings. The third kappa shape index (κ3) is 4.32. The van der Waals surface area contributed by atoms with Crippen LogP contribution in [0.5, 0.6) is 11.5 Å². The lowest BCUT2D eigenvalue weighted by atomic mass is 10.2. The summed E-state index contributed by atoms with van der Waals surface area (Å²) < 4.78 is 41.3. The first kappa shape index (κ1) is 22.2. The minimum atomic E-state index is -3.97. The third-order valence-corrected chi connectivity index (χ3v) is 7.45. The van der Waals surface area contributed by atoms with E-state index in [1.54, 1.807) is 10.6 Å². The highest BCUT2D eigenvalue weighted by Gasteiger charge is 2.20. The van der Waals surface area contributed by atoms with Gasteiger partial charge in [0.15, 0.2) is 0 Å². The molecule has 0 spiro atoms. The Kier molecular flexibility index (Phi) is 6.14. The van der Waals surface area contributed by atoms with Crippen molar-refractivity contribution < 1.29 is 17.9 Å². The number of ether oxygens (including phenoxy) is 2. The van der Waals surface area contributed by atoms with Crippen LogP contribution in [0.15, 0.2) is 70.4 Å². The van der Waals surface area contributed by atoms with Crippen LogP contribution in [0.25, 0.3) is 10.2 Å². The Morgan fingerprint density at radius 3 is 2.41 bits per heavy atom. The first-order valence-corrected chi connectivity index (χ1v) is 12.1. The molecule has 0 aliphatic carbocycles. The molecule has 32 heavy (non-hydrogen) atoms. The number of hydrogen-bond donors (Lipinski definition) is 1. The van der Waals surface area contributed by atoms with E-state index in [1.807, 2.05) is 30.3 Å². The standard InChI is InChI=1S/C22H19ClN2O5S2/c1-29-19-12-17(20(30-2)11-16(19)23)24-32(27,28)15-8-9-18-21(10-15)31-22(26)25(18)13-14-6-4-3-5-7-14/h3-12,24H,13H2,1-2H3. The van der Waals surface area contributed by atoms with Crippen molar-refractivity contribution in [2.45, 2.75) is 11.4 Å². The van der Waals surface area contributed by atoms with Crippen LogP contribution in [0.2, 0.25) is 5.02 Å². The first-order valence-electron chi connectivity index (χ1n) is 9.44. The molecule has 0 aliphatic heterocycles. The lowest BCUT2D eigenvalue weighted by molar-refractivity contribution is 0.405. The van der Waals surface area contributed by atoms with Crippen molar-refractivity contribution in [3.63, 3.8) is 0 Å². The summed E-state index contributed by atoms with van der Waals surface area (Å²) in [5.41, 5.74) is 1.84. The third-order valence-electron chi connectivity index (χ3n) is 4.85. The second-order valence-corrected chi connectivity index (χ2v) is 9.94. The van der Waals surface area contributed by atoms with Gasteiger partial charge in [-0.15, -0.1) is 0 Å². The average Bonchev–Trinajstić information content (AvgIpc) is 3.09. The van der Waals surface area contributed by atoms with Crippen LogP contribution in [-0.4, -0.2) is 27.2 Å². The highest BCUT2D eigenvalue weighted by atomic mass is 35.5. The van der Waals surface area contributed by atoms with Gasteiger partial charge in [-0.05, 0) is 23.8 Å². The summed E-state index contributed by atoms with van der Waals surface area (Å²) in [6.45, 7) is 0.409. The lowest BCUT2D eigenvalue weighted by Crippen LogP contribution is -2.14. The summed E-state index contributed by atoms with van der Waals surface area (Å²) in [6.07, 6.45) is 0. The molecule has 0 unspecified atom stereocenters. The number of anilines is 1. The molecule has 0 fully saturated rings. The second kappa shape index (κ2) is 8.85. The van der Waals surface area contributed by atoms with Crippen molar-refractivity contribution in [3.8, 4) is 11.5 Å². The molecule has 1 heterocycles. The number of methoxy groups -OCH3 is 2. The molecule has 0 radical (unpaired) electrons. The average molecular weight is 491 g/mol. The van der Waals surface area contributed by atoms with Crippen LogP contribution < -0.4 is 19.1 Å². The molecule has 0 saturated carbocycles. The number of thiazole rings is 1. The van der Waals surface area contributed by atoms with Gasteiger partial charge in [-0.3, -0.25) is 14.1 Å². The maximum Gasteiger partial charge on any atom is 0.308 e. The number of fused-ring (bicyclic) bond motifs is 1. The van der Waals surface area contributed by atoms with Crippen molar-refractivity contribution in [2.75, 3.05) is 18.9 Å². The minimum absolute atomic E-state index is 0.0223. The van der Waals surface area contributed by atoms with Crippen molar-refractivity contribution in [1.29, 1.82) is 0 Å². The van der Waals surface area contributed by atoms with Gasteiger partial charge >= 0.3 is 4.87 Å². The van der Waals surface area contributed by atoms with Crippen LogP contribution in [-0.2, 0) is 16.6 Å². The molecule has 1 aromatic heterocycles. The number of sulfonamides is 1. The topological polar surface area (TPSA) is 86.6 Å². The Bertz CT molecular complexity index is 1450. The van der Waals surface area contributed by atoms with Gasteiger partial charge in [-0.25, -0.2) is 8.42 Å². The largest absolute Gasteiger partial charge is 0.495 e. The molecule has 3 aromatic carbocycles. The Hall–Kier alpha value is -3.01. The fourth-order valence-corrected chi connectivity index (χ4v) is 5.60. The zero-order valence-corrected chi connectivity index (χ0v) is 19.6. The van der Waals surface area contributed by atoms with E-state index in [0.29, 0.717) is 27.5 Å². The number of nitrogens with zero attached hydrogens (tertiary/aromatic N) is 1. The van der Waals surface area contributed by atoms with Crippen LogP contribution >= 0.6 is 22.9 Å². The fraction of sp³-hybridized carbons (Fsp3) is 0.136. The molecule has 0 bridgehead atoms. The fourth-order valence-electron chi connectivity index (χ4n) is 3.27. The maximum absolute atomic E-state index is 13.1. The summed E-state index contributed by atoms with van der Waals surface area (Å²) in [7, 11) is -1.13. The number of rotatable bonds is 7. The van der Waals surface area contributed by atoms with E-state index < -0.39 is 10.0 Å². The Morgan fingerprint density at radius 2 is 1.72 bits per heavy atom. The number of benzene rings is 3. The first-order chi connectivity index (χ1) is 15.3. The molecule has 0 saturated heterocycles. The van der Waals surface area contributed by atoms with Crippen LogP contribution in [0.1, 0.15) is 5.56 Å². The summed E-state index contributed by atoms with van der Waals surface area (Å²) in [4.78, 5) is 12.4. The van der Waals surface area contributed by atoms with E-state index in [0.717, 1.165) is 16.9 Å². The van der Waals surface area contributed by atoms with Crippen molar-refractivity contribution in [3.05, 3.63) is 80.9 Å². The predicted molar refractivity (Wildman–Crippen MR) is 127 cm³/mol. The highest BCUT2D eigenvalue weighted by molar-refractivity contribution is 7.92. The summed E-state index contributed by atoms with van der Waals surface area (Å²) in [6, 6.07) is 17.1. The molecule has 1 N–H and O–H groups in total. The molecule has 7 nitrogen and oxygen atoms in total. The van der Waals surface area contributed by atoms with Gasteiger partial charge in [-0.1, -0.05) is 53.3 Å². The van der Waals surface area contributed by atoms with Crippen molar-refractivity contribution >= 4 is 48.9 Å².